The van der Waals surface area contributed by atoms with Crippen LogP contribution in [0.15, 0.2) is 61.1 Å². The highest BCUT2D eigenvalue weighted by molar-refractivity contribution is 5.87. The van der Waals surface area contributed by atoms with E-state index < -0.39 is 0 Å². The van der Waals surface area contributed by atoms with E-state index in [4.69, 9.17) is 9.47 Å². The number of methoxy groups -OCH3 is 2. The number of piperazine rings is 1. The molecule has 3 heterocycles. The summed E-state index contributed by atoms with van der Waals surface area (Å²) in [5.41, 5.74) is 2.81. The maximum absolute atomic E-state index is 5.53. The fourth-order valence-electron chi connectivity index (χ4n) is 4.07. The minimum absolute atomic E-state index is 0.780. The summed E-state index contributed by atoms with van der Waals surface area (Å²) in [4.78, 5) is 13.8. The minimum Gasteiger partial charge on any atom is -0.497 e. The van der Waals surface area contributed by atoms with Crippen molar-refractivity contribution in [3.63, 3.8) is 0 Å². The molecule has 0 atom stereocenters. The van der Waals surface area contributed by atoms with E-state index in [1.54, 1.807) is 20.5 Å². The van der Waals surface area contributed by atoms with E-state index in [-0.39, 0.29) is 0 Å². The smallest absolute Gasteiger partial charge is 0.168 e. The Labute approximate surface area is 180 Å². The van der Waals surface area contributed by atoms with Crippen molar-refractivity contribution in [2.45, 2.75) is 0 Å². The van der Waals surface area contributed by atoms with Gasteiger partial charge in [-0.25, -0.2) is 14.6 Å². The molecule has 8 heteroatoms. The van der Waals surface area contributed by atoms with Crippen LogP contribution in [0.1, 0.15) is 0 Å². The number of hydrogen-bond donors (Lipinski definition) is 0. The van der Waals surface area contributed by atoms with Gasteiger partial charge in [-0.1, -0.05) is 18.2 Å². The summed E-state index contributed by atoms with van der Waals surface area (Å²) in [6.07, 6.45) is 3.46. The van der Waals surface area contributed by atoms with Gasteiger partial charge < -0.3 is 19.3 Å². The summed E-state index contributed by atoms with van der Waals surface area (Å²) in [7, 11) is 3.37. The van der Waals surface area contributed by atoms with Crippen LogP contribution in [0, 0.1) is 0 Å². The number of benzene rings is 2. The van der Waals surface area contributed by atoms with Crippen LogP contribution < -0.4 is 19.3 Å². The van der Waals surface area contributed by atoms with Crippen LogP contribution >= 0.6 is 0 Å². The Hall–Kier alpha value is -3.81. The largest absolute Gasteiger partial charge is 0.497 e. The molecule has 0 bridgehead atoms. The van der Waals surface area contributed by atoms with Crippen molar-refractivity contribution >= 4 is 22.5 Å². The molecule has 4 aromatic rings. The molecule has 31 heavy (non-hydrogen) atoms. The summed E-state index contributed by atoms with van der Waals surface area (Å²) in [5, 5.41) is 5.53. The fraction of sp³-hybridized carbons (Fsp3) is 0.261. The monoisotopic (exact) mass is 416 g/mol. The Morgan fingerprint density at radius 1 is 0.839 bits per heavy atom. The first kappa shape index (κ1) is 19.2. The topological polar surface area (TPSA) is 68.5 Å². The van der Waals surface area contributed by atoms with E-state index in [0.717, 1.165) is 65.9 Å². The van der Waals surface area contributed by atoms with Gasteiger partial charge in [0.1, 0.15) is 23.6 Å². The molecule has 0 amide bonds. The van der Waals surface area contributed by atoms with Crippen LogP contribution in [0.4, 0.5) is 11.5 Å². The lowest BCUT2D eigenvalue weighted by molar-refractivity contribution is 0.413. The number of rotatable bonds is 5. The van der Waals surface area contributed by atoms with E-state index >= 15 is 0 Å². The maximum Gasteiger partial charge on any atom is 0.168 e. The molecular formula is C23H24N6O2. The molecule has 158 valence electrons. The lowest BCUT2D eigenvalue weighted by Gasteiger charge is -2.37. The Morgan fingerprint density at radius 2 is 1.65 bits per heavy atom. The SMILES string of the molecule is COc1cccc(-n2ncc3c(N4CCN(c5ccccc5OC)CC4)ncnc32)c1. The zero-order valence-electron chi connectivity index (χ0n) is 17.6. The number of para-hydroxylation sites is 2. The van der Waals surface area contributed by atoms with Crippen molar-refractivity contribution < 1.29 is 9.47 Å². The van der Waals surface area contributed by atoms with Gasteiger partial charge >= 0.3 is 0 Å². The standard InChI is InChI=1S/C23H24N6O2/c1-30-18-7-5-6-17(14-18)29-23-19(15-26-29)22(24-16-25-23)28-12-10-27(11-13-28)20-8-3-4-9-21(20)31-2/h3-9,14-16H,10-13H2,1-2H3. The van der Waals surface area contributed by atoms with Crippen molar-refractivity contribution in [2.75, 3.05) is 50.2 Å². The van der Waals surface area contributed by atoms with Gasteiger partial charge in [-0.15, -0.1) is 0 Å². The molecule has 5 rings (SSSR count). The number of aromatic nitrogens is 4. The molecule has 0 N–H and O–H groups in total. The molecule has 0 radical (unpaired) electrons. The Morgan fingerprint density at radius 3 is 2.45 bits per heavy atom. The molecule has 0 saturated carbocycles. The first-order valence-electron chi connectivity index (χ1n) is 10.2. The van der Waals surface area contributed by atoms with Crippen molar-refractivity contribution in [3.8, 4) is 17.2 Å². The van der Waals surface area contributed by atoms with E-state index in [2.05, 4.69) is 30.9 Å². The van der Waals surface area contributed by atoms with Gasteiger partial charge in [0.2, 0.25) is 0 Å². The maximum atomic E-state index is 5.53. The molecule has 2 aromatic heterocycles. The highest BCUT2D eigenvalue weighted by Crippen LogP contribution is 2.30. The van der Waals surface area contributed by atoms with E-state index in [1.807, 2.05) is 53.3 Å². The second kappa shape index (κ2) is 8.14. The fourth-order valence-corrected chi connectivity index (χ4v) is 4.07. The first-order valence-corrected chi connectivity index (χ1v) is 10.2. The van der Waals surface area contributed by atoms with E-state index in [9.17, 15) is 0 Å². The first-order chi connectivity index (χ1) is 15.3. The van der Waals surface area contributed by atoms with Gasteiger partial charge in [0, 0.05) is 32.2 Å². The number of nitrogens with zero attached hydrogens (tertiary/aromatic N) is 6. The molecule has 0 spiro atoms. The summed E-state index contributed by atoms with van der Waals surface area (Å²) in [5.74, 6) is 2.60. The summed E-state index contributed by atoms with van der Waals surface area (Å²) >= 11 is 0. The van der Waals surface area contributed by atoms with Crippen LogP contribution in [0.2, 0.25) is 0 Å². The normalized spacial score (nSPS) is 14.1. The molecule has 0 aliphatic carbocycles. The zero-order valence-corrected chi connectivity index (χ0v) is 17.6. The van der Waals surface area contributed by atoms with Crippen molar-refractivity contribution in [1.29, 1.82) is 0 Å². The number of ether oxygens (including phenoxy) is 2. The average molecular weight is 416 g/mol. The van der Waals surface area contributed by atoms with E-state index in [1.165, 1.54) is 0 Å². The lowest BCUT2D eigenvalue weighted by atomic mass is 10.2. The third-order valence-corrected chi connectivity index (χ3v) is 5.65. The van der Waals surface area contributed by atoms with Gasteiger partial charge in [-0.05, 0) is 24.3 Å². The zero-order chi connectivity index (χ0) is 21.2. The molecule has 1 fully saturated rings. The Bertz CT molecular complexity index is 1200. The lowest BCUT2D eigenvalue weighted by Crippen LogP contribution is -2.47. The quantitative estimate of drug-likeness (QED) is 0.495. The highest BCUT2D eigenvalue weighted by Gasteiger charge is 2.23. The van der Waals surface area contributed by atoms with Crippen LogP contribution in [0.5, 0.6) is 11.5 Å². The molecule has 1 aliphatic rings. The van der Waals surface area contributed by atoms with Crippen LogP contribution in [0.3, 0.4) is 0 Å². The highest BCUT2D eigenvalue weighted by atomic mass is 16.5. The van der Waals surface area contributed by atoms with Crippen molar-refractivity contribution in [2.24, 2.45) is 0 Å². The number of fused-ring (bicyclic) bond motifs is 1. The van der Waals surface area contributed by atoms with Crippen molar-refractivity contribution in [1.82, 2.24) is 19.7 Å². The summed E-state index contributed by atoms with van der Waals surface area (Å²) in [6.45, 7) is 3.48. The molecule has 0 unspecified atom stereocenters. The third-order valence-electron chi connectivity index (χ3n) is 5.65. The predicted molar refractivity (Wildman–Crippen MR) is 121 cm³/mol. The molecule has 1 aliphatic heterocycles. The van der Waals surface area contributed by atoms with Gasteiger partial charge in [0.25, 0.3) is 0 Å². The second-order valence-corrected chi connectivity index (χ2v) is 7.34. The Kier molecular flexibility index (Phi) is 5.03. The average Bonchev–Trinajstić information content (AvgIpc) is 3.28. The van der Waals surface area contributed by atoms with Gasteiger partial charge in [-0.3, -0.25) is 0 Å². The second-order valence-electron chi connectivity index (χ2n) is 7.34. The van der Waals surface area contributed by atoms with E-state index in [0.29, 0.717) is 0 Å². The molecule has 1 saturated heterocycles. The molecule has 2 aromatic carbocycles. The van der Waals surface area contributed by atoms with Crippen LogP contribution in [-0.2, 0) is 0 Å². The number of hydrogen-bond acceptors (Lipinski definition) is 7. The van der Waals surface area contributed by atoms with Gasteiger partial charge in [-0.2, -0.15) is 5.10 Å². The summed E-state index contributed by atoms with van der Waals surface area (Å²) < 4.78 is 12.7. The third kappa shape index (κ3) is 3.50. The van der Waals surface area contributed by atoms with Gasteiger partial charge in [0.05, 0.1) is 37.2 Å². The predicted octanol–water partition coefficient (Wildman–Crippen LogP) is 3.16. The van der Waals surface area contributed by atoms with Crippen molar-refractivity contribution in [3.05, 3.63) is 61.1 Å². The minimum atomic E-state index is 0.780. The Balaban J connectivity index is 1.41. The van der Waals surface area contributed by atoms with Crippen LogP contribution in [0.25, 0.3) is 16.7 Å². The summed E-state index contributed by atoms with van der Waals surface area (Å²) in [6, 6.07) is 15.9. The number of anilines is 2. The van der Waals surface area contributed by atoms with Crippen LogP contribution in [-0.4, -0.2) is 60.1 Å². The van der Waals surface area contributed by atoms with Gasteiger partial charge in [0.15, 0.2) is 5.65 Å². The molecule has 8 nitrogen and oxygen atoms in total. The molecular weight excluding hydrogens is 392 g/mol.